The van der Waals surface area contributed by atoms with Gasteiger partial charge < -0.3 is 14.1 Å². The van der Waals surface area contributed by atoms with Gasteiger partial charge in [0.1, 0.15) is 5.76 Å². The van der Waals surface area contributed by atoms with Crippen molar-refractivity contribution < 1.29 is 23.7 Å². The van der Waals surface area contributed by atoms with Gasteiger partial charge in [-0.2, -0.15) is 0 Å². The van der Waals surface area contributed by atoms with Gasteiger partial charge in [-0.25, -0.2) is 4.79 Å². The third-order valence-electron chi connectivity index (χ3n) is 4.19. The van der Waals surface area contributed by atoms with Crippen molar-refractivity contribution >= 4 is 23.6 Å². The van der Waals surface area contributed by atoms with Crippen molar-refractivity contribution in [2.45, 2.75) is 13.5 Å². The summed E-state index contributed by atoms with van der Waals surface area (Å²) in [5, 5.41) is 11.0. The molecule has 0 bridgehead atoms. The first kappa shape index (κ1) is 18.1. The Balaban J connectivity index is 2.05. The lowest BCUT2D eigenvalue weighted by molar-refractivity contribution is -0.384. The van der Waals surface area contributed by atoms with E-state index < -0.39 is 16.8 Å². The number of allylic oxidation sites excluding steroid dienone is 1. The number of nitro groups is 1. The molecule has 1 aromatic carbocycles. The number of hydrogen-bond acceptors (Lipinski definition) is 6. The summed E-state index contributed by atoms with van der Waals surface area (Å²) in [4.78, 5) is 37.0. The highest BCUT2D eigenvalue weighted by molar-refractivity contribution is 6.16. The van der Waals surface area contributed by atoms with E-state index in [0.29, 0.717) is 17.0 Å². The average Bonchev–Trinajstić information content (AvgIpc) is 3.24. The molecule has 1 aromatic heterocycles. The van der Waals surface area contributed by atoms with Crippen molar-refractivity contribution in [2.75, 3.05) is 7.11 Å². The molecule has 2 heterocycles. The minimum Gasteiger partial charge on any atom is -0.467 e. The maximum Gasteiger partial charge on any atom is 0.340 e. The van der Waals surface area contributed by atoms with Crippen LogP contribution in [0.4, 0.5) is 5.69 Å². The molecule has 0 atom stereocenters. The first-order chi connectivity index (χ1) is 12.9. The highest BCUT2D eigenvalue weighted by atomic mass is 16.6. The van der Waals surface area contributed by atoms with Crippen molar-refractivity contribution in [3.05, 3.63) is 80.9 Å². The van der Waals surface area contributed by atoms with Crippen LogP contribution in [0.25, 0.3) is 6.08 Å². The molecule has 1 amide bonds. The van der Waals surface area contributed by atoms with Crippen LogP contribution >= 0.6 is 0 Å². The van der Waals surface area contributed by atoms with Crippen LogP contribution in [0.3, 0.4) is 0 Å². The second-order valence-electron chi connectivity index (χ2n) is 5.83. The number of nitro benzene ring substituents is 1. The van der Waals surface area contributed by atoms with Gasteiger partial charge in [0.15, 0.2) is 0 Å². The third-order valence-corrected chi connectivity index (χ3v) is 4.19. The molecule has 138 valence electrons. The van der Waals surface area contributed by atoms with E-state index in [4.69, 9.17) is 9.15 Å². The average molecular weight is 368 g/mol. The molecule has 0 saturated carbocycles. The van der Waals surface area contributed by atoms with Crippen molar-refractivity contribution in [1.29, 1.82) is 0 Å². The predicted molar refractivity (Wildman–Crippen MR) is 95.0 cm³/mol. The van der Waals surface area contributed by atoms with Crippen LogP contribution in [0.5, 0.6) is 0 Å². The van der Waals surface area contributed by atoms with Gasteiger partial charge in [-0.05, 0) is 30.7 Å². The number of ether oxygens (including phenoxy) is 1. The highest BCUT2D eigenvalue weighted by Gasteiger charge is 2.37. The maximum absolute atomic E-state index is 12.9. The standard InChI is InChI=1S/C19H16N2O6/c1-12-17(19(23)26-2)16(10-13-5-3-6-14(9-13)21(24)25)18(22)20(12)11-15-7-4-8-27-15/h3-10H,11H2,1-2H3/b16-10-. The maximum atomic E-state index is 12.9. The molecule has 2 aromatic rings. The zero-order valence-corrected chi connectivity index (χ0v) is 14.7. The molecule has 3 rings (SSSR count). The van der Waals surface area contributed by atoms with Crippen LogP contribution in [-0.4, -0.2) is 28.8 Å². The van der Waals surface area contributed by atoms with Crippen molar-refractivity contribution in [3.8, 4) is 0 Å². The van der Waals surface area contributed by atoms with Gasteiger partial charge in [0.25, 0.3) is 11.6 Å². The first-order valence-corrected chi connectivity index (χ1v) is 8.02. The Labute approximate surface area is 154 Å². The van der Waals surface area contributed by atoms with Gasteiger partial charge in [-0.15, -0.1) is 0 Å². The second kappa shape index (κ2) is 7.28. The van der Waals surface area contributed by atoms with Crippen molar-refractivity contribution in [2.24, 2.45) is 0 Å². The summed E-state index contributed by atoms with van der Waals surface area (Å²) in [5.74, 6) is -0.501. The Kier molecular flexibility index (Phi) is 4.89. The lowest BCUT2D eigenvalue weighted by atomic mass is 10.0. The molecule has 0 spiro atoms. The summed E-state index contributed by atoms with van der Waals surface area (Å²) in [6.45, 7) is 1.80. The SMILES string of the molecule is COC(=O)C1=C(C)N(Cc2ccco2)C(=O)/C1=C\c1cccc([N+](=O)[O-])c1. The monoisotopic (exact) mass is 368 g/mol. The summed E-state index contributed by atoms with van der Waals surface area (Å²) in [6.07, 6.45) is 2.95. The van der Waals surface area contributed by atoms with Crippen LogP contribution < -0.4 is 0 Å². The lowest BCUT2D eigenvalue weighted by Gasteiger charge is -2.16. The van der Waals surface area contributed by atoms with E-state index in [2.05, 4.69) is 0 Å². The zero-order valence-electron chi connectivity index (χ0n) is 14.7. The molecule has 8 nitrogen and oxygen atoms in total. The van der Waals surface area contributed by atoms with Crippen LogP contribution in [0.2, 0.25) is 0 Å². The summed E-state index contributed by atoms with van der Waals surface area (Å²) in [5.41, 5.74) is 0.996. The largest absolute Gasteiger partial charge is 0.467 e. The number of esters is 1. The van der Waals surface area contributed by atoms with E-state index >= 15 is 0 Å². The predicted octanol–water partition coefficient (Wildman–Crippen LogP) is 3.06. The molecular weight excluding hydrogens is 352 g/mol. The normalized spacial score (nSPS) is 15.6. The molecule has 0 unspecified atom stereocenters. The van der Waals surface area contributed by atoms with Crippen molar-refractivity contribution in [3.63, 3.8) is 0 Å². The highest BCUT2D eigenvalue weighted by Crippen LogP contribution is 2.33. The van der Waals surface area contributed by atoms with Crippen LogP contribution in [0.1, 0.15) is 18.2 Å². The topological polar surface area (TPSA) is 103 Å². The van der Waals surface area contributed by atoms with E-state index in [1.807, 2.05) is 0 Å². The van der Waals surface area contributed by atoms with Gasteiger partial charge in [0, 0.05) is 17.8 Å². The number of carbonyl (C=O) groups excluding carboxylic acids is 2. The number of hydrogen-bond donors (Lipinski definition) is 0. The summed E-state index contributed by atoms with van der Waals surface area (Å²) >= 11 is 0. The van der Waals surface area contributed by atoms with Gasteiger partial charge in [0.05, 0.1) is 36.0 Å². The van der Waals surface area contributed by atoms with Crippen LogP contribution in [0.15, 0.2) is 63.9 Å². The Morgan fingerprint density at radius 2 is 2.11 bits per heavy atom. The number of carbonyl (C=O) groups is 2. The fourth-order valence-corrected chi connectivity index (χ4v) is 2.87. The van der Waals surface area contributed by atoms with Gasteiger partial charge in [-0.1, -0.05) is 12.1 Å². The number of methoxy groups -OCH3 is 1. The minimum absolute atomic E-state index is 0.109. The molecule has 0 radical (unpaired) electrons. The summed E-state index contributed by atoms with van der Waals surface area (Å²) < 4.78 is 10.1. The van der Waals surface area contributed by atoms with E-state index in [9.17, 15) is 19.7 Å². The molecule has 1 aliphatic rings. The smallest absolute Gasteiger partial charge is 0.340 e. The molecule has 0 saturated heterocycles. The van der Waals surface area contributed by atoms with Crippen molar-refractivity contribution in [1.82, 2.24) is 4.90 Å². The summed E-state index contributed by atoms with van der Waals surface area (Å²) in [6, 6.07) is 9.24. The van der Waals surface area contributed by atoms with E-state index in [-0.39, 0.29) is 23.4 Å². The first-order valence-electron chi connectivity index (χ1n) is 8.02. The Bertz CT molecular complexity index is 972. The van der Waals surface area contributed by atoms with Crippen LogP contribution in [-0.2, 0) is 20.9 Å². The second-order valence-corrected chi connectivity index (χ2v) is 5.83. The molecule has 0 aliphatic carbocycles. The molecule has 1 aliphatic heterocycles. The molecule has 8 heteroatoms. The Morgan fingerprint density at radius 1 is 1.33 bits per heavy atom. The summed E-state index contributed by atoms with van der Waals surface area (Å²) in [7, 11) is 1.23. The Morgan fingerprint density at radius 3 is 2.74 bits per heavy atom. The van der Waals surface area contributed by atoms with E-state index in [1.165, 1.54) is 42.5 Å². The number of nitrogens with zero attached hydrogens (tertiary/aromatic N) is 2. The Hall–Kier alpha value is -3.68. The fraction of sp³-hybridized carbons (Fsp3) is 0.158. The number of furan rings is 1. The minimum atomic E-state index is -0.653. The van der Waals surface area contributed by atoms with Gasteiger partial charge >= 0.3 is 5.97 Å². The fourth-order valence-electron chi connectivity index (χ4n) is 2.87. The lowest BCUT2D eigenvalue weighted by Crippen LogP contribution is -2.24. The number of benzene rings is 1. The van der Waals surface area contributed by atoms with E-state index in [1.54, 1.807) is 25.1 Å². The number of rotatable bonds is 5. The van der Waals surface area contributed by atoms with Gasteiger partial charge in [-0.3, -0.25) is 14.9 Å². The molecule has 0 N–H and O–H groups in total. The number of amides is 1. The van der Waals surface area contributed by atoms with Crippen LogP contribution in [0, 0.1) is 10.1 Å². The third kappa shape index (κ3) is 3.50. The van der Waals surface area contributed by atoms with Gasteiger partial charge in [0.2, 0.25) is 0 Å². The zero-order chi connectivity index (χ0) is 19.6. The molecular formula is C19H16N2O6. The van der Waals surface area contributed by atoms with E-state index in [0.717, 1.165) is 0 Å². The number of non-ortho nitro benzene ring substituents is 1. The molecule has 27 heavy (non-hydrogen) atoms. The quantitative estimate of drug-likeness (QED) is 0.348. The molecule has 0 fully saturated rings.